The van der Waals surface area contributed by atoms with Crippen molar-refractivity contribution in [3.63, 3.8) is 0 Å². The monoisotopic (exact) mass is 624 g/mol. The van der Waals surface area contributed by atoms with E-state index in [9.17, 15) is 21.6 Å². The molecule has 0 saturated heterocycles. The summed E-state index contributed by atoms with van der Waals surface area (Å²) in [6.45, 7) is 0. The fraction of sp³-hybridized carbons (Fsp3) is 0. The maximum absolute atomic E-state index is 13.1. The van der Waals surface area contributed by atoms with Crippen LogP contribution in [0.1, 0.15) is 0 Å². The van der Waals surface area contributed by atoms with Gasteiger partial charge in [-0.2, -0.15) is 16.8 Å². The first-order valence-corrected chi connectivity index (χ1v) is 16.1. The highest BCUT2D eigenvalue weighted by atomic mass is 32.2. The smallest absolute Gasteiger partial charge is 0.339 e. The Balaban J connectivity index is 1.14. The number of carbonyl (C=O) groups excluding carboxylic acids is 1. The van der Waals surface area contributed by atoms with Crippen LogP contribution >= 0.6 is 0 Å². The molecule has 0 unspecified atom stereocenters. The molecule has 9 nitrogen and oxygen atoms in total. The Morgan fingerprint density at radius 3 is 1.32 bits per heavy atom. The molecule has 6 aromatic carbocycles. The van der Waals surface area contributed by atoms with Crippen LogP contribution in [0.25, 0.3) is 21.5 Å². The minimum Gasteiger partial charge on any atom is -0.379 e. The minimum absolute atomic E-state index is 0.00442. The number of hydrogen-bond acceptors (Lipinski definition) is 7. The van der Waals surface area contributed by atoms with Crippen molar-refractivity contribution in [3.8, 4) is 11.5 Å². The maximum atomic E-state index is 13.1. The van der Waals surface area contributed by atoms with Gasteiger partial charge in [-0.25, -0.2) is 4.79 Å². The fourth-order valence-corrected chi connectivity index (χ4v) is 7.01. The summed E-state index contributed by atoms with van der Waals surface area (Å²) in [5.74, 6) is 0.00884. The Bertz CT molecular complexity index is 2080. The Labute approximate surface area is 253 Å². The van der Waals surface area contributed by atoms with Gasteiger partial charge < -0.3 is 19.0 Å². The highest BCUT2D eigenvalue weighted by Gasteiger charge is 2.21. The van der Waals surface area contributed by atoms with Crippen LogP contribution in [0.3, 0.4) is 0 Å². The van der Waals surface area contributed by atoms with E-state index in [0.717, 1.165) is 10.8 Å². The summed E-state index contributed by atoms with van der Waals surface area (Å²) in [6, 6.07) is 35.2. The molecule has 0 aliphatic carbocycles. The Morgan fingerprint density at radius 2 is 0.864 bits per heavy atom. The van der Waals surface area contributed by atoms with Gasteiger partial charge in [-0.3, -0.25) is 0 Å². The summed E-state index contributed by atoms with van der Waals surface area (Å²) in [6.07, 6.45) is 0. The second-order valence-electron chi connectivity index (χ2n) is 9.66. The largest absolute Gasteiger partial charge is 0.379 e. The van der Waals surface area contributed by atoms with Crippen LogP contribution in [-0.4, -0.2) is 22.9 Å². The minimum atomic E-state index is -4.18. The first kappa shape index (κ1) is 28.7. The number of fused-ring (bicyclic) bond motifs is 2. The second-order valence-corrected chi connectivity index (χ2v) is 12.7. The van der Waals surface area contributed by atoms with E-state index >= 15 is 0 Å². The summed E-state index contributed by atoms with van der Waals surface area (Å²) in [4.78, 5) is 12.8. The van der Waals surface area contributed by atoms with Gasteiger partial charge in [0.05, 0.1) is 0 Å². The second kappa shape index (κ2) is 11.7. The third kappa shape index (κ3) is 6.19. The zero-order chi connectivity index (χ0) is 30.7. The predicted octanol–water partition coefficient (Wildman–Crippen LogP) is 7.17. The molecule has 0 spiro atoms. The molecule has 2 N–H and O–H groups in total. The van der Waals surface area contributed by atoms with Crippen molar-refractivity contribution < 1.29 is 30.0 Å². The van der Waals surface area contributed by atoms with Gasteiger partial charge in [0.15, 0.2) is 0 Å². The lowest BCUT2D eigenvalue weighted by Crippen LogP contribution is -2.19. The van der Waals surface area contributed by atoms with Crippen molar-refractivity contribution >= 4 is 59.2 Å². The molecule has 0 atom stereocenters. The number of hydrogen-bond donors (Lipinski definition) is 2. The highest BCUT2D eigenvalue weighted by Crippen LogP contribution is 2.29. The molecule has 0 aromatic heterocycles. The topological polar surface area (TPSA) is 128 Å². The van der Waals surface area contributed by atoms with Gasteiger partial charge in [0, 0.05) is 34.3 Å². The van der Waals surface area contributed by atoms with E-state index < -0.39 is 26.3 Å². The van der Waals surface area contributed by atoms with Crippen LogP contribution in [0.2, 0.25) is 0 Å². The Hall–Kier alpha value is -5.39. The van der Waals surface area contributed by atoms with Gasteiger partial charge in [0.25, 0.3) is 0 Å². The highest BCUT2D eigenvalue weighted by molar-refractivity contribution is 7.87. The van der Waals surface area contributed by atoms with E-state index in [2.05, 4.69) is 10.6 Å². The third-order valence-corrected chi connectivity index (χ3v) is 9.25. The average Bonchev–Trinajstić information content (AvgIpc) is 3.00. The summed E-state index contributed by atoms with van der Waals surface area (Å²) in [5.41, 5.74) is 0.526. The molecule has 0 fully saturated rings. The first-order valence-electron chi connectivity index (χ1n) is 13.3. The molecular formula is C33H24N2O7S2. The van der Waals surface area contributed by atoms with Crippen molar-refractivity contribution in [3.05, 3.63) is 133 Å². The fourth-order valence-electron chi connectivity index (χ4n) is 4.72. The lowest BCUT2D eigenvalue weighted by molar-refractivity contribution is 0.262. The molecule has 11 heteroatoms. The molecular weight excluding hydrogens is 601 g/mol. The number of nitrogens with one attached hydrogen (secondary N) is 2. The zero-order valence-electron chi connectivity index (χ0n) is 22.9. The molecule has 6 aromatic rings. The zero-order valence-corrected chi connectivity index (χ0v) is 24.5. The van der Waals surface area contributed by atoms with Crippen molar-refractivity contribution in [1.29, 1.82) is 0 Å². The first-order chi connectivity index (χ1) is 21.2. The molecule has 0 aliphatic heterocycles. The maximum Gasteiger partial charge on any atom is 0.339 e. The van der Waals surface area contributed by atoms with Crippen LogP contribution < -0.4 is 19.0 Å². The summed E-state index contributed by atoms with van der Waals surface area (Å²) >= 11 is 0. The lowest BCUT2D eigenvalue weighted by atomic mass is 10.1. The van der Waals surface area contributed by atoms with Crippen molar-refractivity contribution in [1.82, 2.24) is 0 Å². The van der Waals surface area contributed by atoms with Crippen LogP contribution in [0.4, 0.5) is 16.2 Å². The molecule has 0 heterocycles. The molecule has 220 valence electrons. The lowest BCUT2D eigenvalue weighted by Gasteiger charge is -2.12. The van der Waals surface area contributed by atoms with E-state index in [-0.39, 0.29) is 32.7 Å². The van der Waals surface area contributed by atoms with Crippen LogP contribution in [0.5, 0.6) is 11.5 Å². The quantitative estimate of drug-likeness (QED) is 0.172. The summed E-state index contributed by atoms with van der Waals surface area (Å²) in [5, 5.41) is 7.80. The van der Waals surface area contributed by atoms with E-state index in [0.29, 0.717) is 10.8 Å². The van der Waals surface area contributed by atoms with E-state index in [1.807, 2.05) is 36.4 Å². The van der Waals surface area contributed by atoms with Crippen molar-refractivity contribution in [2.45, 2.75) is 9.79 Å². The normalized spacial score (nSPS) is 11.6. The van der Waals surface area contributed by atoms with E-state index in [4.69, 9.17) is 8.37 Å². The Kier molecular flexibility index (Phi) is 7.64. The predicted molar refractivity (Wildman–Crippen MR) is 169 cm³/mol. The average molecular weight is 625 g/mol. The van der Waals surface area contributed by atoms with Crippen molar-refractivity contribution in [2.75, 3.05) is 10.6 Å². The molecule has 0 saturated carbocycles. The molecule has 0 bridgehead atoms. The van der Waals surface area contributed by atoms with Gasteiger partial charge in [-0.1, -0.05) is 84.9 Å². The van der Waals surface area contributed by atoms with Crippen LogP contribution in [-0.2, 0) is 20.2 Å². The van der Waals surface area contributed by atoms with Crippen LogP contribution in [0, 0.1) is 0 Å². The number of anilines is 2. The number of urea groups is 1. The molecule has 2 amide bonds. The standard InChI is InChI=1S/C33H24N2O7S2/c36-33(34-25-13-7-15-27(21-25)41-43(37,38)31-19-5-11-23-9-1-3-17-29(23)31)35-26-14-8-16-28(22-26)42-44(39,40)32-20-6-12-24-10-2-4-18-30(24)32/h1-22H,(H2,34,35,36). The third-order valence-electron chi connectivity index (χ3n) is 6.63. The van der Waals surface area contributed by atoms with Gasteiger partial charge in [-0.15, -0.1) is 0 Å². The van der Waals surface area contributed by atoms with Crippen LogP contribution in [0.15, 0.2) is 143 Å². The van der Waals surface area contributed by atoms with E-state index in [1.165, 1.54) is 48.5 Å². The number of amides is 2. The number of rotatable bonds is 8. The van der Waals surface area contributed by atoms with Gasteiger partial charge in [0.2, 0.25) is 0 Å². The molecule has 6 rings (SSSR count). The summed E-state index contributed by atoms with van der Waals surface area (Å²) in [7, 11) is -8.35. The molecule has 0 aliphatic rings. The molecule has 44 heavy (non-hydrogen) atoms. The van der Waals surface area contributed by atoms with Gasteiger partial charge in [0.1, 0.15) is 21.3 Å². The van der Waals surface area contributed by atoms with Gasteiger partial charge >= 0.3 is 26.3 Å². The van der Waals surface area contributed by atoms with Gasteiger partial charge in [-0.05, 0) is 47.2 Å². The Morgan fingerprint density at radius 1 is 0.477 bits per heavy atom. The molecule has 0 radical (unpaired) electrons. The van der Waals surface area contributed by atoms with E-state index in [1.54, 1.807) is 48.5 Å². The number of benzene rings is 6. The van der Waals surface area contributed by atoms with Crippen molar-refractivity contribution in [2.24, 2.45) is 0 Å². The summed E-state index contributed by atoms with van der Waals surface area (Å²) < 4.78 is 63.2. The number of carbonyl (C=O) groups is 1. The SMILES string of the molecule is O=C(Nc1cccc(OS(=O)(=O)c2cccc3ccccc23)c1)Nc1cccc(OS(=O)(=O)c2cccc3ccccc23)c1.